The fourth-order valence-electron chi connectivity index (χ4n) is 5.63. The lowest BCUT2D eigenvalue weighted by molar-refractivity contribution is 0.00384. The molecule has 3 atom stereocenters. The summed E-state index contributed by atoms with van der Waals surface area (Å²) in [5.74, 6) is 0.218. The molecular formula is C25H38F2N4. The fraction of sp³-hybridized carbons (Fsp3) is 0.720. The molecule has 1 aromatic heterocycles. The van der Waals surface area contributed by atoms with Gasteiger partial charge in [-0.3, -0.25) is 9.88 Å². The molecule has 6 heteroatoms. The summed E-state index contributed by atoms with van der Waals surface area (Å²) in [7, 11) is 0. The number of allylic oxidation sites excluding steroid dienone is 1. The van der Waals surface area contributed by atoms with Crippen LogP contribution >= 0.6 is 0 Å². The second-order valence-corrected chi connectivity index (χ2v) is 10.9. The third-order valence-corrected chi connectivity index (χ3v) is 7.66. The lowest BCUT2D eigenvalue weighted by Crippen LogP contribution is -2.54. The molecule has 4 nitrogen and oxygen atoms in total. The Kier molecular flexibility index (Phi) is 5.93. The van der Waals surface area contributed by atoms with E-state index in [1.807, 2.05) is 13.0 Å². The van der Waals surface area contributed by atoms with Crippen LogP contribution in [0.25, 0.3) is 5.70 Å². The van der Waals surface area contributed by atoms with Gasteiger partial charge in [-0.2, -0.15) is 0 Å². The van der Waals surface area contributed by atoms with Gasteiger partial charge in [0.15, 0.2) is 5.82 Å². The average molecular weight is 433 g/mol. The Bertz CT molecular complexity index is 842. The van der Waals surface area contributed by atoms with Crippen molar-refractivity contribution in [3.8, 4) is 0 Å². The van der Waals surface area contributed by atoms with E-state index in [0.717, 1.165) is 57.2 Å². The molecule has 2 saturated carbocycles. The summed E-state index contributed by atoms with van der Waals surface area (Å²) in [5, 5.41) is 0. The largest absolute Gasteiger partial charge is 0.398 e. The maximum absolute atomic E-state index is 14.1. The third kappa shape index (κ3) is 4.95. The summed E-state index contributed by atoms with van der Waals surface area (Å²) < 4.78 is 28.2. The summed E-state index contributed by atoms with van der Waals surface area (Å²) in [5.41, 5.74) is 13.7. The van der Waals surface area contributed by atoms with E-state index in [2.05, 4.69) is 9.88 Å². The van der Waals surface area contributed by atoms with E-state index in [1.54, 1.807) is 19.9 Å². The number of nitrogens with zero attached hydrogens (tertiary/aromatic N) is 2. The van der Waals surface area contributed by atoms with Gasteiger partial charge >= 0.3 is 0 Å². The van der Waals surface area contributed by atoms with Crippen LogP contribution in [0.1, 0.15) is 77.0 Å². The van der Waals surface area contributed by atoms with E-state index in [0.29, 0.717) is 35.2 Å². The number of hydrogen-bond donors (Lipinski definition) is 2. The number of nitrogens with two attached hydrogens (primary N) is 2. The van der Waals surface area contributed by atoms with Gasteiger partial charge in [-0.1, -0.05) is 13.0 Å². The number of fused-ring (bicyclic) bond motifs is 1. The molecule has 3 aliphatic rings. The van der Waals surface area contributed by atoms with Gasteiger partial charge in [-0.25, -0.2) is 8.78 Å². The average Bonchev–Trinajstić information content (AvgIpc) is 3.57. The first kappa shape index (κ1) is 22.7. The van der Waals surface area contributed by atoms with Gasteiger partial charge in [-0.05, 0) is 77.2 Å². The first-order valence-electron chi connectivity index (χ1n) is 11.9. The number of alkyl halides is 1. The monoisotopic (exact) mass is 432 g/mol. The zero-order valence-corrected chi connectivity index (χ0v) is 19.3. The molecule has 0 aromatic carbocycles. The Morgan fingerprint density at radius 2 is 2.16 bits per heavy atom. The van der Waals surface area contributed by atoms with Gasteiger partial charge in [0.25, 0.3) is 0 Å². The van der Waals surface area contributed by atoms with Crippen molar-refractivity contribution in [2.75, 3.05) is 13.1 Å². The van der Waals surface area contributed by atoms with Crippen molar-refractivity contribution in [1.29, 1.82) is 0 Å². The minimum absolute atomic E-state index is 0.0257. The topological polar surface area (TPSA) is 68.2 Å². The van der Waals surface area contributed by atoms with Crippen LogP contribution in [0.4, 0.5) is 8.78 Å². The van der Waals surface area contributed by atoms with E-state index in [4.69, 9.17) is 11.5 Å². The molecule has 2 heterocycles. The molecule has 0 bridgehead atoms. The molecule has 2 aliphatic carbocycles. The van der Waals surface area contributed by atoms with Gasteiger partial charge in [0, 0.05) is 47.0 Å². The van der Waals surface area contributed by atoms with Gasteiger partial charge in [0.2, 0.25) is 0 Å². The number of halogens is 2. The Morgan fingerprint density at radius 1 is 1.42 bits per heavy atom. The SMILES string of the molecule is CCc1cc(/C(N)=C/CCCC(CC2(N)CC2)C23CC2N(CC(C)(C)F)C3)c(F)cn1. The maximum Gasteiger partial charge on any atom is 0.150 e. The van der Waals surface area contributed by atoms with Crippen molar-refractivity contribution in [3.63, 3.8) is 0 Å². The Morgan fingerprint density at radius 3 is 2.77 bits per heavy atom. The fourth-order valence-corrected chi connectivity index (χ4v) is 5.63. The molecule has 3 unspecified atom stereocenters. The van der Waals surface area contributed by atoms with Gasteiger partial charge < -0.3 is 11.5 Å². The zero-order chi connectivity index (χ0) is 22.4. The van der Waals surface area contributed by atoms with Crippen molar-refractivity contribution < 1.29 is 8.78 Å². The van der Waals surface area contributed by atoms with Crippen molar-refractivity contribution in [2.24, 2.45) is 22.8 Å². The molecule has 4 rings (SSSR count). The van der Waals surface area contributed by atoms with Crippen LogP contribution in [0.15, 0.2) is 18.3 Å². The number of pyridine rings is 1. The molecular weight excluding hydrogens is 394 g/mol. The molecule has 0 amide bonds. The van der Waals surface area contributed by atoms with Crippen LogP contribution in [-0.2, 0) is 6.42 Å². The summed E-state index contributed by atoms with van der Waals surface area (Å²) in [6, 6.07) is 2.28. The van der Waals surface area contributed by atoms with E-state index < -0.39 is 5.67 Å². The predicted molar refractivity (Wildman–Crippen MR) is 121 cm³/mol. The Labute approximate surface area is 185 Å². The lowest BCUT2D eigenvalue weighted by Gasteiger charge is -2.45. The molecule has 1 aliphatic heterocycles. The van der Waals surface area contributed by atoms with Crippen LogP contribution in [-0.4, -0.2) is 40.2 Å². The molecule has 0 spiro atoms. The highest BCUT2D eigenvalue weighted by atomic mass is 19.1. The van der Waals surface area contributed by atoms with E-state index in [1.165, 1.54) is 12.6 Å². The van der Waals surface area contributed by atoms with E-state index in [-0.39, 0.29) is 11.4 Å². The standard InChI is InChI=1S/C25H38F2N4/c1-4-18-11-19(20(26)14-30-18)21(28)8-6-5-7-17(12-24(29)9-10-24)25-13-22(25)31(16-25)15-23(2,3)27/h8,11,14,17,22H,4-7,9-10,12-13,15-16,28-29H2,1-3H3/b21-8-. The van der Waals surface area contributed by atoms with Crippen molar-refractivity contribution in [1.82, 2.24) is 9.88 Å². The van der Waals surface area contributed by atoms with Crippen molar-refractivity contribution in [2.45, 2.75) is 89.4 Å². The second kappa shape index (κ2) is 8.11. The molecule has 172 valence electrons. The quantitative estimate of drug-likeness (QED) is 0.503. The summed E-state index contributed by atoms with van der Waals surface area (Å²) in [4.78, 5) is 6.40. The number of aryl methyl sites for hydroxylation is 1. The minimum atomic E-state index is -1.14. The number of likely N-dealkylation sites (tertiary alicyclic amines) is 1. The summed E-state index contributed by atoms with van der Waals surface area (Å²) in [6.45, 7) is 6.85. The number of unbranched alkanes of at least 4 members (excludes halogenated alkanes) is 1. The highest BCUT2D eigenvalue weighted by molar-refractivity contribution is 5.63. The van der Waals surface area contributed by atoms with Crippen LogP contribution in [0.3, 0.4) is 0 Å². The van der Waals surface area contributed by atoms with Crippen LogP contribution < -0.4 is 11.5 Å². The van der Waals surface area contributed by atoms with Crippen molar-refractivity contribution in [3.05, 3.63) is 35.4 Å². The Balaban J connectivity index is 1.34. The highest BCUT2D eigenvalue weighted by Crippen LogP contribution is 2.66. The van der Waals surface area contributed by atoms with Gasteiger partial charge in [0.1, 0.15) is 5.67 Å². The Hall–Kier alpha value is -1.53. The van der Waals surface area contributed by atoms with E-state index in [9.17, 15) is 8.78 Å². The first-order valence-corrected chi connectivity index (χ1v) is 11.9. The number of rotatable bonds is 11. The first-order chi connectivity index (χ1) is 14.6. The lowest BCUT2D eigenvalue weighted by atomic mass is 9.75. The number of aromatic nitrogens is 1. The smallest absolute Gasteiger partial charge is 0.150 e. The van der Waals surface area contributed by atoms with E-state index >= 15 is 0 Å². The third-order valence-electron chi connectivity index (χ3n) is 7.66. The van der Waals surface area contributed by atoms with Crippen LogP contribution in [0, 0.1) is 17.2 Å². The molecule has 4 N–H and O–H groups in total. The van der Waals surface area contributed by atoms with Crippen LogP contribution in [0.2, 0.25) is 0 Å². The van der Waals surface area contributed by atoms with Gasteiger partial charge in [0.05, 0.1) is 6.20 Å². The predicted octanol–water partition coefficient (Wildman–Crippen LogP) is 4.57. The summed E-state index contributed by atoms with van der Waals surface area (Å²) >= 11 is 0. The highest BCUT2D eigenvalue weighted by Gasteiger charge is 2.70. The molecule has 31 heavy (non-hydrogen) atoms. The maximum atomic E-state index is 14.1. The molecule has 3 fully saturated rings. The van der Waals surface area contributed by atoms with Gasteiger partial charge in [-0.15, -0.1) is 0 Å². The minimum Gasteiger partial charge on any atom is -0.398 e. The molecule has 1 saturated heterocycles. The molecule has 1 aromatic rings. The second-order valence-electron chi connectivity index (χ2n) is 10.9. The molecule has 0 radical (unpaired) electrons. The number of hydrogen-bond acceptors (Lipinski definition) is 4. The van der Waals surface area contributed by atoms with Crippen molar-refractivity contribution >= 4 is 5.70 Å². The normalized spacial score (nSPS) is 28.1. The zero-order valence-electron chi connectivity index (χ0n) is 19.3. The summed E-state index contributed by atoms with van der Waals surface area (Å²) in [6.07, 6.45) is 11.4. The van der Waals surface area contributed by atoms with Crippen LogP contribution in [0.5, 0.6) is 0 Å².